The number of carbonyl (C=O) groups is 2. The maximum atomic E-state index is 11.0. The zero-order chi connectivity index (χ0) is 12.0. The summed E-state index contributed by atoms with van der Waals surface area (Å²) < 4.78 is 9.47. The van der Waals surface area contributed by atoms with Crippen molar-refractivity contribution in [3.05, 3.63) is 23.7 Å². The highest BCUT2D eigenvalue weighted by Gasteiger charge is 2.13. The first kappa shape index (κ1) is 12.3. The van der Waals surface area contributed by atoms with E-state index in [0.29, 0.717) is 12.2 Å². The van der Waals surface area contributed by atoms with E-state index < -0.39 is 5.97 Å². The van der Waals surface area contributed by atoms with Crippen molar-refractivity contribution in [1.82, 2.24) is 5.32 Å². The van der Waals surface area contributed by atoms with Crippen LogP contribution in [0.5, 0.6) is 0 Å². The highest BCUT2D eigenvalue weighted by Crippen LogP contribution is 2.09. The van der Waals surface area contributed by atoms with Crippen molar-refractivity contribution in [2.24, 2.45) is 0 Å². The molecule has 0 atom stereocenters. The van der Waals surface area contributed by atoms with Crippen LogP contribution in [0.25, 0.3) is 0 Å². The number of nitrogens with one attached hydrogen (secondary N) is 1. The molecule has 0 fully saturated rings. The Balaban J connectivity index is 2.40. The lowest BCUT2D eigenvalue weighted by atomic mass is 10.2. The molecule has 0 bridgehead atoms. The van der Waals surface area contributed by atoms with E-state index in [9.17, 15) is 9.59 Å². The largest absolute Gasteiger partial charge is 0.475 e. The molecule has 1 rings (SSSR count). The molecular formula is C10H13NO5. The number of esters is 1. The maximum Gasteiger partial charge on any atom is 0.372 e. The molecule has 0 aromatic carbocycles. The second-order valence-electron chi connectivity index (χ2n) is 2.99. The molecule has 16 heavy (non-hydrogen) atoms. The molecule has 0 unspecified atom stereocenters. The van der Waals surface area contributed by atoms with E-state index in [1.807, 2.05) is 0 Å². The second-order valence-corrected chi connectivity index (χ2v) is 2.99. The standard InChI is InChI=1S/C10H13NO5/c1-2-15-8(12)6-11-5-7-3-4-16-9(7)10(13)14/h3-4,11H,2,5-6H2,1H3,(H,13,14). The number of aromatic carboxylic acids is 1. The zero-order valence-electron chi connectivity index (χ0n) is 8.86. The Morgan fingerprint density at radius 3 is 2.94 bits per heavy atom. The van der Waals surface area contributed by atoms with Gasteiger partial charge in [0.05, 0.1) is 19.4 Å². The Morgan fingerprint density at radius 2 is 2.31 bits per heavy atom. The Hall–Kier alpha value is -1.82. The van der Waals surface area contributed by atoms with Gasteiger partial charge in [0.1, 0.15) is 0 Å². The Labute approximate surface area is 92.2 Å². The summed E-state index contributed by atoms with van der Waals surface area (Å²) in [6, 6.07) is 1.54. The number of carbonyl (C=O) groups excluding carboxylic acids is 1. The molecule has 1 heterocycles. The number of carboxylic acids is 1. The number of carboxylic acid groups (broad SMARTS) is 1. The van der Waals surface area contributed by atoms with Crippen LogP contribution in [0, 0.1) is 0 Å². The number of furan rings is 1. The van der Waals surface area contributed by atoms with Crippen LogP contribution in [-0.2, 0) is 16.1 Å². The van der Waals surface area contributed by atoms with Crippen molar-refractivity contribution >= 4 is 11.9 Å². The van der Waals surface area contributed by atoms with Gasteiger partial charge in [0, 0.05) is 12.1 Å². The van der Waals surface area contributed by atoms with Crippen LogP contribution in [0.2, 0.25) is 0 Å². The SMILES string of the molecule is CCOC(=O)CNCc1ccoc1C(=O)O. The molecule has 1 aromatic heterocycles. The molecule has 0 spiro atoms. The van der Waals surface area contributed by atoms with Gasteiger partial charge >= 0.3 is 11.9 Å². The molecule has 6 heteroatoms. The minimum Gasteiger partial charge on any atom is -0.475 e. The highest BCUT2D eigenvalue weighted by atomic mass is 16.5. The normalized spacial score (nSPS) is 10.1. The molecule has 6 nitrogen and oxygen atoms in total. The summed E-state index contributed by atoms with van der Waals surface area (Å²) in [5.41, 5.74) is 0.497. The van der Waals surface area contributed by atoms with Crippen LogP contribution in [-0.4, -0.2) is 30.2 Å². The predicted octanol–water partition coefficient (Wildman–Crippen LogP) is 0.630. The molecule has 0 radical (unpaired) electrons. The van der Waals surface area contributed by atoms with E-state index in [0.717, 1.165) is 0 Å². The van der Waals surface area contributed by atoms with Crippen molar-refractivity contribution < 1.29 is 23.8 Å². The first-order chi connectivity index (χ1) is 7.65. The van der Waals surface area contributed by atoms with E-state index in [1.165, 1.54) is 6.26 Å². The molecule has 0 saturated carbocycles. The van der Waals surface area contributed by atoms with E-state index in [4.69, 9.17) is 14.3 Å². The molecule has 0 aliphatic heterocycles. The summed E-state index contributed by atoms with van der Waals surface area (Å²) in [4.78, 5) is 21.6. The van der Waals surface area contributed by atoms with Crippen molar-refractivity contribution in [1.29, 1.82) is 0 Å². The summed E-state index contributed by atoms with van der Waals surface area (Å²) in [5.74, 6) is -1.61. The minimum absolute atomic E-state index is 0.0398. The van der Waals surface area contributed by atoms with Crippen molar-refractivity contribution in [2.75, 3.05) is 13.2 Å². The van der Waals surface area contributed by atoms with Gasteiger partial charge < -0.3 is 19.6 Å². The van der Waals surface area contributed by atoms with Crippen molar-refractivity contribution in [2.45, 2.75) is 13.5 Å². The van der Waals surface area contributed by atoms with Crippen LogP contribution in [0.3, 0.4) is 0 Å². The third-order valence-electron chi connectivity index (χ3n) is 1.83. The fraction of sp³-hybridized carbons (Fsp3) is 0.400. The van der Waals surface area contributed by atoms with Gasteiger partial charge in [-0.25, -0.2) is 4.79 Å². The van der Waals surface area contributed by atoms with Crippen molar-refractivity contribution in [3.63, 3.8) is 0 Å². The average molecular weight is 227 g/mol. The number of hydrogen-bond donors (Lipinski definition) is 2. The van der Waals surface area contributed by atoms with E-state index in [-0.39, 0.29) is 24.8 Å². The van der Waals surface area contributed by atoms with E-state index in [2.05, 4.69) is 5.32 Å². The third kappa shape index (κ3) is 3.39. The van der Waals surface area contributed by atoms with Gasteiger partial charge in [-0.2, -0.15) is 0 Å². The summed E-state index contributed by atoms with van der Waals surface area (Å²) >= 11 is 0. The summed E-state index contributed by atoms with van der Waals surface area (Å²) in [6.07, 6.45) is 1.30. The van der Waals surface area contributed by atoms with Gasteiger partial charge in [0.2, 0.25) is 5.76 Å². The lowest BCUT2D eigenvalue weighted by Gasteiger charge is -2.03. The summed E-state index contributed by atoms with van der Waals surface area (Å²) in [7, 11) is 0. The first-order valence-corrected chi connectivity index (χ1v) is 4.81. The fourth-order valence-corrected chi connectivity index (χ4v) is 1.17. The summed E-state index contributed by atoms with van der Waals surface area (Å²) in [5, 5.41) is 11.5. The predicted molar refractivity (Wildman–Crippen MR) is 54.0 cm³/mol. The average Bonchev–Trinajstić information content (AvgIpc) is 2.66. The molecule has 88 valence electrons. The van der Waals surface area contributed by atoms with Gasteiger partial charge in [0.15, 0.2) is 0 Å². The molecule has 1 aromatic rings. The van der Waals surface area contributed by atoms with Crippen LogP contribution in [0.4, 0.5) is 0 Å². The fourth-order valence-electron chi connectivity index (χ4n) is 1.17. The lowest BCUT2D eigenvalue weighted by molar-refractivity contribution is -0.142. The molecule has 0 amide bonds. The molecule has 0 aliphatic rings. The Morgan fingerprint density at radius 1 is 1.56 bits per heavy atom. The maximum absolute atomic E-state index is 11.0. The lowest BCUT2D eigenvalue weighted by Crippen LogP contribution is -2.24. The van der Waals surface area contributed by atoms with Crippen LogP contribution >= 0.6 is 0 Å². The van der Waals surface area contributed by atoms with Gasteiger partial charge in [-0.3, -0.25) is 4.79 Å². The monoisotopic (exact) mass is 227 g/mol. The first-order valence-electron chi connectivity index (χ1n) is 4.81. The second kappa shape index (κ2) is 5.92. The smallest absolute Gasteiger partial charge is 0.372 e. The highest BCUT2D eigenvalue weighted by molar-refractivity contribution is 5.86. The van der Waals surface area contributed by atoms with Gasteiger partial charge in [-0.05, 0) is 13.0 Å². The molecule has 2 N–H and O–H groups in total. The van der Waals surface area contributed by atoms with Crippen LogP contribution in [0.15, 0.2) is 16.7 Å². The molecule has 0 saturated heterocycles. The number of rotatable bonds is 6. The minimum atomic E-state index is -1.13. The Bertz CT molecular complexity index is 371. The van der Waals surface area contributed by atoms with Gasteiger partial charge in [-0.15, -0.1) is 0 Å². The van der Waals surface area contributed by atoms with E-state index in [1.54, 1.807) is 13.0 Å². The quantitative estimate of drug-likeness (QED) is 0.693. The summed E-state index contributed by atoms with van der Waals surface area (Å²) in [6.45, 7) is 2.33. The Kier molecular flexibility index (Phi) is 4.53. The number of ether oxygens (including phenoxy) is 1. The van der Waals surface area contributed by atoms with Gasteiger partial charge in [0.25, 0.3) is 0 Å². The van der Waals surface area contributed by atoms with Crippen LogP contribution < -0.4 is 5.32 Å². The zero-order valence-corrected chi connectivity index (χ0v) is 8.86. The van der Waals surface area contributed by atoms with Crippen LogP contribution in [0.1, 0.15) is 23.0 Å². The van der Waals surface area contributed by atoms with E-state index >= 15 is 0 Å². The number of hydrogen-bond acceptors (Lipinski definition) is 5. The topological polar surface area (TPSA) is 88.8 Å². The van der Waals surface area contributed by atoms with Crippen molar-refractivity contribution in [3.8, 4) is 0 Å². The van der Waals surface area contributed by atoms with Gasteiger partial charge in [-0.1, -0.05) is 0 Å². The molecular weight excluding hydrogens is 214 g/mol. The molecule has 0 aliphatic carbocycles. The third-order valence-corrected chi connectivity index (χ3v) is 1.83.